The molecule has 2 N–H and O–H groups in total. The van der Waals surface area contributed by atoms with Crippen LogP contribution in [0.2, 0.25) is 0 Å². The fraction of sp³-hybridized carbons (Fsp3) is 0.353. The monoisotopic (exact) mass is 316 g/mol. The topological polar surface area (TPSA) is 66.9 Å². The number of carbonyl (C=O) groups excluding carboxylic acids is 1. The number of aromatic nitrogens is 2. The molecule has 1 heterocycles. The van der Waals surface area contributed by atoms with E-state index in [1.165, 1.54) is 12.1 Å². The second-order valence-electron chi connectivity index (χ2n) is 5.24. The summed E-state index contributed by atoms with van der Waals surface area (Å²) in [6.07, 6.45) is 1.61. The molecule has 1 aromatic heterocycles. The molecule has 0 aliphatic carbocycles. The van der Waals surface area contributed by atoms with Crippen molar-refractivity contribution in [1.82, 2.24) is 15.3 Å². The van der Waals surface area contributed by atoms with Gasteiger partial charge in [0, 0.05) is 19.2 Å². The van der Waals surface area contributed by atoms with Gasteiger partial charge in [0.05, 0.1) is 0 Å². The predicted octanol–water partition coefficient (Wildman–Crippen LogP) is 2.72. The molecule has 6 heteroatoms. The van der Waals surface area contributed by atoms with Crippen molar-refractivity contribution in [1.29, 1.82) is 0 Å². The molecule has 122 valence electrons. The molecule has 0 aliphatic rings. The van der Waals surface area contributed by atoms with Crippen molar-refractivity contribution in [3.05, 3.63) is 53.2 Å². The first-order valence-electron chi connectivity index (χ1n) is 7.70. The number of amides is 1. The molecule has 0 fully saturated rings. The lowest BCUT2D eigenvalue weighted by atomic mass is 10.1. The molecule has 5 nitrogen and oxygen atoms in total. The highest BCUT2D eigenvalue weighted by Crippen LogP contribution is 2.08. The number of nitrogens with zero attached hydrogens (tertiary/aromatic N) is 2. The standard InChI is InChI=1S/C17H21FN4O/c1-3-9-20-17(23)15-11-16(22-12(2)21-15)19-10-8-13-4-6-14(18)7-5-13/h4-7,11H,3,8-10H2,1-2H3,(H,20,23)(H,19,21,22). The van der Waals surface area contributed by atoms with Crippen LogP contribution in [0.3, 0.4) is 0 Å². The van der Waals surface area contributed by atoms with Crippen LogP contribution in [0.1, 0.15) is 35.2 Å². The Hall–Kier alpha value is -2.50. The predicted molar refractivity (Wildman–Crippen MR) is 88.0 cm³/mol. The molecule has 2 rings (SSSR count). The summed E-state index contributed by atoms with van der Waals surface area (Å²) < 4.78 is 12.9. The Morgan fingerprint density at radius 2 is 1.91 bits per heavy atom. The van der Waals surface area contributed by atoms with Crippen LogP contribution < -0.4 is 10.6 Å². The average molecular weight is 316 g/mol. The molecule has 0 spiro atoms. The zero-order valence-corrected chi connectivity index (χ0v) is 13.4. The van der Waals surface area contributed by atoms with Crippen LogP contribution in [0.15, 0.2) is 30.3 Å². The molecule has 0 saturated carbocycles. The maximum Gasteiger partial charge on any atom is 0.270 e. The van der Waals surface area contributed by atoms with E-state index in [1.54, 1.807) is 25.1 Å². The number of anilines is 1. The van der Waals surface area contributed by atoms with Crippen molar-refractivity contribution in [3.63, 3.8) is 0 Å². The zero-order valence-electron chi connectivity index (χ0n) is 13.4. The Labute approximate surface area is 135 Å². The van der Waals surface area contributed by atoms with E-state index in [0.717, 1.165) is 18.4 Å². The van der Waals surface area contributed by atoms with E-state index >= 15 is 0 Å². The summed E-state index contributed by atoms with van der Waals surface area (Å²) in [5.41, 5.74) is 1.39. The third-order valence-corrected chi connectivity index (χ3v) is 3.24. The Balaban J connectivity index is 1.95. The van der Waals surface area contributed by atoms with Crippen LogP contribution in [-0.4, -0.2) is 29.0 Å². The number of rotatable bonds is 7. The lowest BCUT2D eigenvalue weighted by molar-refractivity contribution is 0.0948. The van der Waals surface area contributed by atoms with Gasteiger partial charge in [-0.3, -0.25) is 4.79 Å². The van der Waals surface area contributed by atoms with Gasteiger partial charge in [0.25, 0.3) is 5.91 Å². The lowest BCUT2D eigenvalue weighted by Gasteiger charge is -2.09. The van der Waals surface area contributed by atoms with Gasteiger partial charge >= 0.3 is 0 Å². The maximum absolute atomic E-state index is 12.9. The van der Waals surface area contributed by atoms with Crippen LogP contribution in [0.25, 0.3) is 0 Å². The Morgan fingerprint density at radius 1 is 1.17 bits per heavy atom. The smallest absolute Gasteiger partial charge is 0.270 e. The summed E-state index contributed by atoms with van der Waals surface area (Å²) in [4.78, 5) is 20.4. The Kier molecular flexibility index (Phi) is 6.02. The Morgan fingerprint density at radius 3 is 2.61 bits per heavy atom. The largest absolute Gasteiger partial charge is 0.370 e. The van der Waals surface area contributed by atoms with Crippen LogP contribution in [0.5, 0.6) is 0 Å². The quantitative estimate of drug-likeness (QED) is 0.824. The fourth-order valence-electron chi connectivity index (χ4n) is 2.09. The second-order valence-corrected chi connectivity index (χ2v) is 5.24. The van der Waals surface area contributed by atoms with Crippen LogP contribution in [0.4, 0.5) is 10.2 Å². The van der Waals surface area contributed by atoms with Crippen molar-refractivity contribution in [3.8, 4) is 0 Å². The van der Waals surface area contributed by atoms with Gasteiger partial charge in [0.15, 0.2) is 0 Å². The number of hydrogen-bond donors (Lipinski definition) is 2. The van der Waals surface area contributed by atoms with Gasteiger partial charge in [-0.2, -0.15) is 0 Å². The van der Waals surface area contributed by atoms with Gasteiger partial charge in [0.1, 0.15) is 23.2 Å². The van der Waals surface area contributed by atoms with Gasteiger partial charge in [-0.05, 0) is 37.5 Å². The minimum Gasteiger partial charge on any atom is -0.370 e. The summed E-state index contributed by atoms with van der Waals surface area (Å²) >= 11 is 0. The van der Waals surface area contributed by atoms with E-state index in [1.807, 2.05) is 6.92 Å². The summed E-state index contributed by atoms with van der Waals surface area (Å²) in [7, 11) is 0. The molecule has 0 unspecified atom stereocenters. The first-order chi connectivity index (χ1) is 11.1. The van der Waals surface area contributed by atoms with E-state index in [9.17, 15) is 9.18 Å². The number of benzene rings is 1. The lowest BCUT2D eigenvalue weighted by Crippen LogP contribution is -2.25. The highest BCUT2D eigenvalue weighted by molar-refractivity contribution is 5.92. The first kappa shape index (κ1) is 16.9. The number of carbonyl (C=O) groups is 1. The zero-order chi connectivity index (χ0) is 16.7. The minimum absolute atomic E-state index is 0.195. The highest BCUT2D eigenvalue weighted by atomic mass is 19.1. The first-order valence-corrected chi connectivity index (χ1v) is 7.70. The Bertz CT molecular complexity index is 658. The minimum atomic E-state index is -0.240. The summed E-state index contributed by atoms with van der Waals surface area (Å²) in [5.74, 6) is 0.717. The van der Waals surface area contributed by atoms with Crippen molar-refractivity contribution >= 4 is 11.7 Å². The SMILES string of the molecule is CCCNC(=O)c1cc(NCCc2ccc(F)cc2)nc(C)n1. The molecule has 0 saturated heterocycles. The van der Waals surface area contributed by atoms with Crippen molar-refractivity contribution in [2.24, 2.45) is 0 Å². The van der Waals surface area contributed by atoms with Gasteiger partial charge in [-0.25, -0.2) is 14.4 Å². The third kappa shape index (κ3) is 5.32. The third-order valence-electron chi connectivity index (χ3n) is 3.24. The summed E-state index contributed by atoms with van der Waals surface area (Å²) in [6, 6.07) is 8.04. The van der Waals surface area contributed by atoms with E-state index in [4.69, 9.17) is 0 Å². The number of halogens is 1. The van der Waals surface area contributed by atoms with Crippen molar-refractivity contribution in [2.75, 3.05) is 18.4 Å². The van der Waals surface area contributed by atoms with Crippen molar-refractivity contribution in [2.45, 2.75) is 26.7 Å². The van der Waals surface area contributed by atoms with Gasteiger partial charge in [-0.1, -0.05) is 19.1 Å². The highest BCUT2D eigenvalue weighted by Gasteiger charge is 2.09. The number of hydrogen-bond acceptors (Lipinski definition) is 4. The normalized spacial score (nSPS) is 10.4. The van der Waals surface area contributed by atoms with E-state index in [2.05, 4.69) is 20.6 Å². The molecule has 23 heavy (non-hydrogen) atoms. The number of aryl methyl sites for hydroxylation is 1. The molecular weight excluding hydrogens is 295 g/mol. The molecule has 2 aromatic rings. The van der Waals surface area contributed by atoms with E-state index < -0.39 is 0 Å². The van der Waals surface area contributed by atoms with Gasteiger partial charge < -0.3 is 10.6 Å². The summed E-state index contributed by atoms with van der Waals surface area (Å²) in [5, 5.41) is 5.97. The summed E-state index contributed by atoms with van der Waals surface area (Å²) in [6.45, 7) is 5.00. The fourth-order valence-corrected chi connectivity index (χ4v) is 2.09. The molecule has 0 atom stereocenters. The molecule has 0 aliphatic heterocycles. The van der Waals surface area contributed by atoms with Gasteiger partial charge in [0.2, 0.25) is 0 Å². The van der Waals surface area contributed by atoms with E-state index in [-0.39, 0.29) is 11.7 Å². The van der Waals surface area contributed by atoms with Gasteiger partial charge in [-0.15, -0.1) is 0 Å². The number of nitrogens with one attached hydrogen (secondary N) is 2. The van der Waals surface area contributed by atoms with Crippen LogP contribution >= 0.6 is 0 Å². The van der Waals surface area contributed by atoms with E-state index in [0.29, 0.717) is 30.4 Å². The average Bonchev–Trinajstić information content (AvgIpc) is 2.54. The second kappa shape index (κ2) is 8.22. The van der Waals surface area contributed by atoms with Crippen LogP contribution in [-0.2, 0) is 6.42 Å². The molecule has 0 radical (unpaired) electrons. The maximum atomic E-state index is 12.9. The molecule has 1 aromatic carbocycles. The van der Waals surface area contributed by atoms with Crippen molar-refractivity contribution < 1.29 is 9.18 Å². The van der Waals surface area contributed by atoms with Crippen LogP contribution in [0, 0.1) is 12.7 Å². The molecule has 0 bridgehead atoms. The molecular formula is C17H21FN4O. The molecule has 1 amide bonds.